The molecule has 0 saturated heterocycles. The van der Waals surface area contributed by atoms with Gasteiger partial charge in [0.1, 0.15) is 5.01 Å². The summed E-state index contributed by atoms with van der Waals surface area (Å²) in [7, 11) is 1.96. The maximum Gasteiger partial charge on any atom is 0.110 e. The molecule has 1 aromatic rings. The van der Waals surface area contributed by atoms with E-state index in [1.165, 1.54) is 15.6 Å². The van der Waals surface area contributed by atoms with Crippen molar-refractivity contribution in [2.45, 2.75) is 26.0 Å². The van der Waals surface area contributed by atoms with Gasteiger partial charge in [0.2, 0.25) is 0 Å². The van der Waals surface area contributed by atoms with Crippen LogP contribution in [0.5, 0.6) is 0 Å². The van der Waals surface area contributed by atoms with Crippen LogP contribution < -0.4 is 5.32 Å². The van der Waals surface area contributed by atoms with Crippen LogP contribution in [0.4, 0.5) is 0 Å². The number of thiazole rings is 1. The van der Waals surface area contributed by atoms with E-state index in [-0.39, 0.29) is 0 Å². The molecule has 72 valence electrons. The molecule has 0 radical (unpaired) electrons. The van der Waals surface area contributed by atoms with Gasteiger partial charge in [0.15, 0.2) is 0 Å². The molecule has 1 unspecified atom stereocenters. The highest BCUT2D eigenvalue weighted by Crippen LogP contribution is 2.26. The highest BCUT2D eigenvalue weighted by atomic mass is 32.1. The van der Waals surface area contributed by atoms with Gasteiger partial charge in [0.05, 0.1) is 29.8 Å². The summed E-state index contributed by atoms with van der Waals surface area (Å²) in [5.74, 6) is 0. The van der Waals surface area contributed by atoms with Crippen LogP contribution in [0, 0.1) is 0 Å². The van der Waals surface area contributed by atoms with Crippen molar-refractivity contribution in [2.75, 3.05) is 13.7 Å². The SMILES string of the molecule is CNC(C)c1nc2c(s1)COCC2. The summed E-state index contributed by atoms with van der Waals surface area (Å²) in [5.41, 5.74) is 1.24. The van der Waals surface area contributed by atoms with Gasteiger partial charge in [-0.2, -0.15) is 0 Å². The first-order valence-electron chi connectivity index (χ1n) is 4.54. The smallest absolute Gasteiger partial charge is 0.110 e. The monoisotopic (exact) mass is 198 g/mol. The number of fused-ring (bicyclic) bond motifs is 1. The molecule has 0 bridgehead atoms. The van der Waals surface area contributed by atoms with E-state index in [0.717, 1.165) is 19.6 Å². The molecule has 0 aromatic carbocycles. The summed E-state index contributed by atoms with van der Waals surface area (Å²) >= 11 is 1.77. The quantitative estimate of drug-likeness (QED) is 0.782. The molecule has 1 atom stereocenters. The van der Waals surface area contributed by atoms with E-state index in [1.807, 2.05) is 7.05 Å². The third kappa shape index (κ3) is 1.75. The number of nitrogens with zero attached hydrogens (tertiary/aromatic N) is 1. The van der Waals surface area contributed by atoms with Gasteiger partial charge in [-0.05, 0) is 14.0 Å². The average Bonchev–Trinajstić information content (AvgIpc) is 2.59. The Bertz CT molecular complexity index is 274. The number of nitrogens with one attached hydrogen (secondary N) is 1. The number of hydrogen-bond donors (Lipinski definition) is 1. The van der Waals surface area contributed by atoms with Crippen molar-refractivity contribution in [1.29, 1.82) is 0 Å². The molecule has 1 N–H and O–H groups in total. The molecule has 0 fully saturated rings. The lowest BCUT2D eigenvalue weighted by Crippen LogP contribution is -2.12. The Labute approximate surface area is 82.1 Å². The molecule has 1 aromatic heterocycles. The molecule has 1 aliphatic heterocycles. The highest BCUT2D eigenvalue weighted by Gasteiger charge is 2.17. The molecule has 3 nitrogen and oxygen atoms in total. The van der Waals surface area contributed by atoms with E-state index in [0.29, 0.717) is 6.04 Å². The Morgan fingerprint density at radius 1 is 1.62 bits per heavy atom. The summed E-state index contributed by atoms with van der Waals surface area (Å²) in [5, 5.41) is 4.38. The third-order valence-corrected chi connectivity index (χ3v) is 3.57. The van der Waals surface area contributed by atoms with Crippen molar-refractivity contribution in [2.24, 2.45) is 0 Å². The fourth-order valence-corrected chi connectivity index (χ4v) is 2.46. The van der Waals surface area contributed by atoms with Crippen molar-refractivity contribution in [1.82, 2.24) is 10.3 Å². The predicted octanol–water partition coefficient (Wildman–Crippen LogP) is 1.50. The minimum absolute atomic E-state index is 0.357. The van der Waals surface area contributed by atoms with Gasteiger partial charge in [0.25, 0.3) is 0 Å². The number of hydrogen-bond acceptors (Lipinski definition) is 4. The lowest BCUT2D eigenvalue weighted by molar-refractivity contribution is 0.112. The Kier molecular flexibility index (Phi) is 2.62. The highest BCUT2D eigenvalue weighted by molar-refractivity contribution is 7.11. The van der Waals surface area contributed by atoms with Crippen LogP contribution in [0.3, 0.4) is 0 Å². The first-order valence-corrected chi connectivity index (χ1v) is 5.36. The zero-order valence-corrected chi connectivity index (χ0v) is 8.78. The molecule has 0 aliphatic carbocycles. The van der Waals surface area contributed by atoms with Crippen LogP contribution in [0.25, 0.3) is 0 Å². The lowest BCUT2D eigenvalue weighted by Gasteiger charge is -2.08. The normalized spacial score (nSPS) is 18.3. The second kappa shape index (κ2) is 3.74. The molecule has 4 heteroatoms. The fourth-order valence-electron chi connectivity index (χ4n) is 1.35. The van der Waals surface area contributed by atoms with E-state index < -0.39 is 0 Å². The van der Waals surface area contributed by atoms with Gasteiger partial charge < -0.3 is 10.1 Å². The van der Waals surface area contributed by atoms with E-state index in [4.69, 9.17) is 4.74 Å². The topological polar surface area (TPSA) is 34.2 Å². The number of rotatable bonds is 2. The summed E-state index contributed by atoms with van der Waals surface area (Å²) in [4.78, 5) is 5.91. The first-order chi connectivity index (χ1) is 6.31. The van der Waals surface area contributed by atoms with Crippen LogP contribution in [0.2, 0.25) is 0 Å². The number of aromatic nitrogens is 1. The maximum atomic E-state index is 5.37. The van der Waals surface area contributed by atoms with Crippen molar-refractivity contribution in [3.63, 3.8) is 0 Å². The van der Waals surface area contributed by atoms with Gasteiger partial charge in [-0.1, -0.05) is 0 Å². The molecular weight excluding hydrogens is 184 g/mol. The van der Waals surface area contributed by atoms with Crippen molar-refractivity contribution >= 4 is 11.3 Å². The fraction of sp³-hybridized carbons (Fsp3) is 0.667. The molecule has 2 rings (SSSR count). The minimum atomic E-state index is 0.357. The second-order valence-electron chi connectivity index (χ2n) is 3.23. The largest absolute Gasteiger partial charge is 0.375 e. The molecule has 2 heterocycles. The van der Waals surface area contributed by atoms with Crippen molar-refractivity contribution in [3.05, 3.63) is 15.6 Å². The van der Waals surface area contributed by atoms with E-state index in [9.17, 15) is 0 Å². The summed E-state index contributed by atoms with van der Waals surface area (Å²) in [6.45, 7) is 3.71. The van der Waals surface area contributed by atoms with Gasteiger partial charge in [-0.15, -0.1) is 11.3 Å². The Balaban J connectivity index is 2.25. The van der Waals surface area contributed by atoms with E-state index in [2.05, 4.69) is 17.2 Å². The number of ether oxygens (including phenoxy) is 1. The van der Waals surface area contributed by atoms with E-state index in [1.54, 1.807) is 11.3 Å². The Morgan fingerprint density at radius 3 is 3.15 bits per heavy atom. The summed E-state index contributed by atoms with van der Waals surface area (Å²) in [6.07, 6.45) is 0.974. The van der Waals surface area contributed by atoms with Gasteiger partial charge in [0, 0.05) is 6.42 Å². The first kappa shape index (κ1) is 9.12. The van der Waals surface area contributed by atoms with Gasteiger partial charge >= 0.3 is 0 Å². The standard InChI is InChI=1S/C9H14N2OS/c1-6(10-2)9-11-7-3-4-12-5-8(7)13-9/h6,10H,3-5H2,1-2H3. The molecular formula is C9H14N2OS. The lowest BCUT2D eigenvalue weighted by atomic mass is 10.2. The molecule has 1 aliphatic rings. The van der Waals surface area contributed by atoms with E-state index >= 15 is 0 Å². The maximum absolute atomic E-state index is 5.37. The van der Waals surface area contributed by atoms with Crippen LogP contribution in [-0.2, 0) is 17.8 Å². The van der Waals surface area contributed by atoms with Gasteiger partial charge in [-0.25, -0.2) is 4.98 Å². The molecule has 0 spiro atoms. The Morgan fingerprint density at radius 2 is 2.46 bits per heavy atom. The Hall–Kier alpha value is -0.450. The van der Waals surface area contributed by atoms with Crippen LogP contribution in [0.15, 0.2) is 0 Å². The predicted molar refractivity (Wildman–Crippen MR) is 52.9 cm³/mol. The third-order valence-electron chi connectivity index (χ3n) is 2.31. The van der Waals surface area contributed by atoms with Crippen LogP contribution in [0.1, 0.15) is 28.5 Å². The van der Waals surface area contributed by atoms with Crippen molar-refractivity contribution < 1.29 is 4.74 Å². The summed E-state index contributed by atoms with van der Waals surface area (Å²) in [6, 6.07) is 0.357. The zero-order valence-electron chi connectivity index (χ0n) is 7.96. The second-order valence-corrected chi connectivity index (χ2v) is 4.35. The average molecular weight is 198 g/mol. The minimum Gasteiger partial charge on any atom is -0.375 e. The zero-order chi connectivity index (χ0) is 9.26. The summed E-state index contributed by atoms with van der Waals surface area (Å²) < 4.78 is 5.37. The molecule has 0 amide bonds. The van der Waals surface area contributed by atoms with Crippen LogP contribution in [-0.4, -0.2) is 18.6 Å². The van der Waals surface area contributed by atoms with Gasteiger partial charge in [-0.3, -0.25) is 0 Å². The molecule has 13 heavy (non-hydrogen) atoms. The van der Waals surface area contributed by atoms with Crippen LogP contribution >= 0.6 is 11.3 Å². The molecule has 0 saturated carbocycles. The van der Waals surface area contributed by atoms with Crippen molar-refractivity contribution in [3.8, 4) is 0 Å².